The van der Waals surface area contributed by atoms with Crippen LogP contribution >= 0.6 is 11.3 Å². The number of piperidine rings is 2. The average Bonchev–Trinajstić information content (AvgIpc) is 3.23. The molecule has 0 aliphatic carbocycles. The van der Waals surface area contributed by atoms with Gasteiger partial charge in [-0.3, -0.25) is 9.89 Å². The number of nitrogens with one attached hydrogen (secondary N) is 2. The van der Waals surface area contributed by atoms with Gasteiger partial charge in [0.2, 0.25) is 0 Å². The minimum absolute atomic E-state index is 0.439. The number of guanidine groups is 1. The fourth-order valence-corrected chi connectivity index (χ4v) is 5.23. The molecule has 0 saturated carbocycles. The van der Waals surface area contributed by atoms with E-state index in [1.54, 1.807) is 0 Å². The molecular weight excluding hydrogens is 366 g/mol. The fraction of sp³-hybridized carbons (Fsp3) is 0.773. The Morgan fingerprint density at radius 1 is 1.14 bits per heavy atom. The van der Waals surface area contributed by atoms with Gasteiger partial charge < -0.3 is 15.5 Å². The van der Waals surface area contributed by atoms with E-state index in [4.69, 9.17) is 0 Å². The zero-order chi connectivity index (χ0) is 19.9. The first-order chi connectivity index (χ1) is 13.6. The van der Waals surface area contributed by atoms with Crippen LogP contribution in [0.1, 0.15) is 57.4 Å². The summed E-state index contributed by atoms with van der Waals surface area (Å²) in [6, 6.07) is 6.07. The molecule has 0 bridgehead atoms. The topological polar surface area (TPSA) is 42.9 Å². The van der Waals surface area contributed by atoms with Crippen LogP contribution < -0.4 is 10.6 Å². The van der Waals surface area contributed by atoms with Crippen LogP contribution in [0.25, 0.3) is 0 Å². The van der Waals surface area contributed by atoms with Crippen molar-refractivity contribution < 1.29 is 0 Å². The summed E-state index contributed by atoms with van der Waals surface area (Å²) in [5, 5.41) is 9.51. The quantitative estimate of drug-likeness (QED) is 0.561. The number of likely N-dealkylation sites (tertiary alicyclic amines) is 2. The molecule has 1 atom stereocenters. The monoisotopic (exact) mass is 405 g/mol. The van der Waals surface area contributed by atoms with Crippen molar-refractivity contribution in [2.24, 2.45) is 10.9 Å². The Kier molecular flexibility index (Phi) is 8.18. The van der Waals surface area contributed by atoms with Crippen molar-refractivity contribution in [1.29, 1.82) is 0 Å². The van der Waals surface area contributed by atoms with Gasteiger partial charge >= 0.3 is 0 Å². The van der Waals surface area contributed by atoms with E-state index in [2.05, 4.69) is 63.7 Å². The fourth-order valence-electron chi connectivity index (χ4n) is 4.37. The van der Waals surface area contributed by atoms with E-state index in [9.17, 15) is 0 Å². The van der Waals surface area contributed by atoms with E-state index in [0.29, 0.717) is 18.1 Å². The summed E-state index contributed by atoms with van der Waals surface area (Å²) in [4.78, 5) is 11.2. The summed E-state index contributed by atoms with van der Waals surface area (Å²) in [5.41, 5.74) is 0. The van der Waals surface area contributed by atoms with Gasteiger partial charge in [0.15, 0.2) is 5.96 Å². The Morgan fingerprint density at radius 3 is 2.39 bits per heavy atom. The van der Waals surface area contributed by atoms with Gasteiger partial charge in [-0.05, 0) is 70.0 Å². The van der Waals surface area contributed by atoms with Gasteiger partial charge in [0.1, 0.15) is 0 Å². The minimum atomic E-state index is 0.439. The third-order valence-electron chi connectivity index (χ3n) is 6.42. The number of hydrogen-bond acceptors (Lipinski definition) is 4. The summed E-state index contributed by atoms with van der Waals surface area (Å²) in [6.45, 7) is 12.6. The summed E-state index contributed by atoms with van der Waals surface area (Å²) in [6.07, 6.45) is 5.00. The molecule has 0 aromatic carbocycles. The van der Waals surface area contributed by atoms with E-state index in [1.807, 2.05) is 18.4 Å². The van der Waals surface area contributed by atoms with E-state index in [-0.39, 0.29) is 0 Å². The first-order valence-corrected chi connectivity index (χ1v) is 11.9. The van der Waals surface area contributed by atoms with E-state index < -0.39 is 0 Å². The van der Waals surface area contributed by atoms with Gasteiger partial charge in [-0.1, -0.05) is 13.0 Å². The Balaban J connectivity index is 1.53. The molecule has 3 rings (SSSR count). The normalized spacial score (nSPS) is 22.5. The Bertz CT molecular complexity index is 584. The molecule has 0 spiro atoms. The molecule has 5 nitrogen and oxygen atoms in total. The summed E-state index contributed by atoms with van der Waals surface area (Å²) >= 11 is 1.88. The molecule has 6 heteroatoms. The molecule has 2 fully saturated rings. The predicted octanol–water partition coefficient (Wildman–Crippen LogP) is 3.56. The molecule has 1 aromatic heterocycles. The van der Waals surface area contributed by atoms with Crippen LogP contribution in [0.15, 0.2) is 22.5 Å². The van der Waals surface area contributed by atoms with Crippen LogP contribution in [0.4, 0.5) is 0 Å². The van der Waals surface area contributed by atoms with Crippen molar-refractivity contribution in [3.8, 4) is 0 Å². The lowest BCUT2D eigenvalue weighted by molar-refractivity contribution is 0.140. The number of rotatable bonds is 6. The standard InChI is InChI=1S/C22H39N5S/c1-17(2)26-13-9-19(10-14-26)25-22(23-4)24-16-20(21-6-5-15-28-21)27-11-7-18(3)8-12-27/h5-6,15,17-20H,7-14,16H2,1-4H3,(H2,23,24,25). The highest BCUT2D eigenvalue weighted by atomic mass is 32.1. The maximum absolute atomic E-state index is 4.51. The van der Waals surface area contributed by atoms with Gasteiger partial charge in [0.05, 0.1) is 6.04 Å². The Morgan fingerprint density at radius 2 is 1.82 bits per heavy atom. The Hall–Kier alpha value is -1.11. The van der Waals surface area contributed by atoms with Gasteiger partial charge in [-0.25, -0.2) is 0 Å². The third kappa shape index (κ3) is 5.94. The van der Waals surface area contributed by atoms with Crippen molar-refractivity contribution in [1.82, 2.24) is 20.4 Å². The summed E-state index contributed by atoms with van der Waals surface area (Å²) in [7, 11) is 1.89. The highest BCUT2D eigenvalue weighted by molar-refractivity contribution is 7.10. The third-order valence-corrected chi connectivity index (χ3v) is 7.39. The highest BCUT2D eigenvalue weighted by Crippen LogP contribution is 2.29. The highest BCUT2D eigenvalue weighted by Gasteiger charge is 2.26. The molecule has 1 unspecified atom stereocenters. The second kappa shape index (κ2) is 10.6. The molecule has 2 saturated heterocycles. The van der Waals surface area contributed by atoms with Gasteiger partial charge in [-0.15, -0.1) is 11.3 Å². The molecular formula is C22H39N5S. The van der Waals surface area contributed by atoms with E-state index in [1.165, 1.54) is 56.7 Å². The molecule has 0 amide bonds. The van der Waals surface area contributed by atoms with Crippen LogP contribution in [-0.4, -0.2) is 67.6 Å². The zero-order valence-electron chi connectivity index (χ0n) is 18.2. The predicted molar refractivity (Wildman–Crippen MR) is 121 cm³/mol. The molecule has 158 valence electrons. The van der Waals surface area contributed by atoms with Gasteiger partial charge in [-0.2, -0.15) is 0 Å². The lowest BCUT2D eigenvalue weighted by Crippen LogP contribution is -2.51. The van der Waals surface area contributed by atoms with Crippen LogP contribution in [0.2, 0.25) is 0 Å². The van der Waals surface area contributed by atoms with Gasteiger partial charge in [0, 0.05) is 43.6 Å². The molecule has 2 aliphatic rings. The minimum Gasteiger partial charge on any atom is -0.354 e. The number of aliphatic imine (C=N–C) groups is 1. The molecule has 2 N–H and O–H groups in total. The summed E-state index contributed by atoms with van der Waals surface area (Å²) in [5.74, 6) is 1.81. The van der Waals surface area contributed by atoms with Crippen molar-refractivity contribution in [2.75, 3.05) is 39.8 Å². The van der Waals surface area contributed by atoms with Crippen LogP contribution in [0.3, 0.4) is 0 Å². The molecule has 3 heterocycles. The van der Waals surface area contributed by atoms with Crippen molar-refractivity contribution in [3.05, 3.63) is 22.4 Å². The maximum Gasteiger partial charge on any atom is 0.191 e. The molecule has 0 radical (unpaired) electrons. The number of hydrogen-bond donors (Lipinski definition) is 2. The number of nitrogens with zero attached hydrogens (tertiary/aromatic N) is 3. The Labute approximate surface area is 175 Å². The van der Waals surface area contributed by atoms with Crippen molar-refractivity contribution >= 4 is 17.3 Å². The summed E-state index contributed by atoms with van der Waals surface area (Å²) < 4.78 is 0. The van der Waals surface area contributed by atoms with Gasteiger partial charge in [0.25, 0.3) is 0 Å². The first-order valence-electron chi connectivity index (χ1n) is 11.1. The first kappa shape index (κ1) is 21.6. The molecule has 28 heavy (non-hydrogen) atoms. The second-order valence-corrected chi connectivity index (χ2v) is 9.73. The number of thiophene rings is 1. The second-order valence-electron chi connectivity index (χ2n) is 8.75. The van der Waals surface area contributed by atoms with Crippen LogP contribution in [-0.2, 0) is 0 Å². The average molecular weight is 406 g/mol. The molecule has 2 aliphatic heterocycles. The largest absolute Gasteiger partial charge is 0.354 e. The van der Waals surface area contributed by atoms with Crippen LogP contribution in [0, 0.1) is 5.92 Å². The zero-order valence-corrected chi connectivity index (χ0v) is 19.0. The van der Waals surface area contributed by atoms with Crippen molar-refractivity contribution in [2.45, 2.75) is 64.6 Å². The van der Waals surface area contributed by atoms with E-state index >= 15 is 0 Å². The lowest BCUT2D eigenvalue weighted by Gasteiger charge is -2.37. The lowest BCUT2D eigenvalue weighted by atomic mass is 9.97. The van der Waals surface area contributed by atoms with E-state index in [0.717, 1.165) is 18.4 Å². The SMILES string of the molecule is CN=C(NCC(c1cccs1)N1CCC(C)CC1)NC1CCN(C(C)C)CC1. The van der Waals surface area contributed by atoms with Crippen molar-refractivity contribution in [3.63, 3.8) is 0 Å². The van der Waals surface area contributed by atoms with Crippen LogP contribution in [0.5, 0.6) is 0 Å². The molecule has 1 aromatic rings. The maximum atomic E-state index is 4.51. The smallest absolute Gasteiger partial charge is 0.191 e.